The molecule has 39 heavy (non-hydrogen) atoms. The van der Waals surface area contributed by atoms with Crippen molar-refractivity contribution in [3.63, 3.8) is 0 Å². The van der Waals surface area contributed by atoms with Crippen molar-refractivity contribution < 1.29 is 37.0 Å². The van der Waals surface area contributed by atoms with Crippen molar-refractivity contribution in [1.29, 1.82) is 0 Å². The monoisotopic (exact) mass is 550 g/mol. The predicted molar refractivity (Wildman–Crippen MR) is 137 cm³/mol. The number of nitrogens with one attached hydrogen (secondary N) is 1. The van der Waals surface area contributed by atoms with E-state index in [9.17, 15) is 23.3 Å². The topological polar surface area (TPSA) is 108 Å². The predicted octanol–water partition coefficient (Wildman–Crippen LogP) is 4.88. The third-order valence-corrected chi connectivity index (χ3v) is 6.15. The summed E-state index contributed by atoms with van der Waals surface area (Å²) >= 11 is 0. The molecule has 0 aliphatic carbocycles. The van der Waals surface area contributed by atoms with E-state index in [1.807, 2.05) is 31.2 Å². The Labute approximate surface area is 223 Å². The summed E-state index contributed by atoms with van der Waals surface area (Å²) in [5, 5.41) is 13.5. The van der Waals surface area contributed by atoms with Crippen molar-refractivity contribution in [3.8, 4) is 17.2 Å². The lowest BCUT2D eigenvalue weighted by Gasteiger charge is -2.33. The van der Waals surface area contributed by atoms with Crippen LogP contribution < -0.4 is 24.4 Å². The van der Waals surface area contributed by atoms with Gasteiger partial charge in [0, 0.05) is 37.7 Å². The number of nitro groups is 1. The molecular weight excluding hydrogens is 521 g/mol. The molecule has 1 N–H and O–H groups in total. The standard InChI is InChI=1S/C26H29F3N4O6/c1-3-23(33(34)35)31-24-30-16-25(2,39-24)17-36-19-6-4-18(5-7-19)32-14-12-21(13-15-32)37-20-8-10-22(11-9-20)38-26(27,28)29/h3-11,21H,12-17H2,1-2H3,(H,30,31)/b23-3+/t25-/m1/s1. The van der Waals surface area contributed by atoms with Gasteiger partial charge in [-0.05, 0) is 67.3 Å². The number of piperidine rings is 1. The Morgan fingerprint density at radius 3 is 2.36 bits per heavy atom. The Morgan fingerprint density at radius 2 is 1.77 bits per heavy atom. The highest BCUT2D eigenvalue weighted by molar-refractivity contribution is 5.77. The van der Waals surface area contributed by atoms with Gasteiger partial charge in [-0.1, -0.05) is 0 Å². The first kappa shape index (κ1) is 27.9. The van der Waals surface area contributed by atoms with E-state index in [1.165, 1.54) is 30.3 Å². The maximum atomic E-state index is 12.3. The second-order valence-electron chi connectivity index (χ2n) is 9.34. The summed E-state index contributed by atoms with van der Waals surface area (Å²) in [5.41, 5.74) is 0.274. The summed E-state index contributed by atoms with van der Waals surface area (Å²) < 4.78 is 58.4. The van der Waals surface area contributed by atoms with Crippen molar-refractivity contribution in [3.05, 3.63) is 70.5 Å². The zero-order chi connectivity index (χ0) is 28.0. The fourth-order valence-corrected chi connectivity index (χ4v) is 4.14. The van der Waals surface area contributed by atoms with E-state index in [2.05, 4.69) is 19.9 Å². The Balaban J connectivity index is 1.21. The van der Waals surface area contributed by atoms with Crippen LogP contribution in [0.1, 0.15) is 26.7 Å². The molecule has 0 aromatic heterocycles. The number of rotatable bonds is 9. The first-order chi connectivity index (χ1) is 18.5. The van der Waals surface area contributed by atoms with Crippen molar-refractivity contribution in [2.24, 2.45) is 4.99 Å². The number of anilines is 1. The Bertz CT molecular complexity index is 1200. The Kier molecular flexibility index (Phi) is 8.36. The molecule has 13 heteroatoms. The fourth-order valence-electron chi connectivity index (χ4n) is 4.14. The molecule has 1 fully saturated rings. The lowest BCUT2D eigenvalue weighted by Crippen LogP contribution is -2.39. The average Bonchev–Trinajstić information content (AvgIpc) is 3.28. The molecule has 2 aliphatic heterocycles. The van der Waals surface area contributed by atoms with Crippen LogP contribution in [0, 0.1) is 10.1 Å². The highest BCUT2D eigenvalue weighted by Crippen LogP contribution is 2.28. The molecule has 1 atom stereocenters. The van der Waals surface area contributed by atoms with Crippen LogP contribution in [0.5, 0.6) is 17.2 Å². The molecule has 0 radical (unpaired) electrons. The smallest absolute Gasteiger partial charge is 0.490 e. The maximum absolute atomic E-state index is 12.3. The van der Waals surface area contributed by atoms with Crippen molar-refractivity contribution in [2.75, 3.05) is 31.1 Å². The van der Waals surface area contributed by atoms with Crippen LogP contribution in [0.4, 0.5) is 18.9 Å². The quantitative estimate of drug-likeness (QED) is 0.348. The summed E-state index contributed by atoms with van der Waals surface area (Å²) in [4.78, 5) is 16.8. The van der Waals surface area contributed by atoms with Gasteiger partial charge in [0.05, 0.1) is 6.54 Å². The van der Waals surface area contributed by atoms with Gasteiger partial charge in [0.15, 0.2) is 5.60 Å². The maximum Gasteiger partial charge on any atom is 0.573 e. The first-order valence-corrected chi connectivity index (χ1v) is 12.3. The number of hydrogen-bond acceptors (Lipinski definition) is 9. The largest absolute Gasteiger partial charge is 0.573 e. The Morgan fingerprint density at radius 1 is 1.15 bits per heavy atom. The van der Waals surface area contributed by atoms with E-state index < -0.39 is 16.9 Å². The van der Waals surface area contributed by atoms with Crippen LogP contribution in [0.2, 0.25) is 0 Å². The van der Waals surface area contributed by atoms with Gasteiger partial charge in [-0.3, -0.25) is 0 Å². The minimum Gasteiger partial charge on any atom is -0.490 e. The molecular formula is C26H29F3N4O6. The molecule has 210 valence electrons. The molecule has 2 aliphatic rings. The highest BCUT2D eigenvalue weighted by atomic mass is 19.4. The SMILES string of the molecule is C/C=C(\NC1=NC[C@](C)(COc2ccc(N3CCC(Oc4ccc(OC(F)(F)F)cc4)CC3)cc2)O1)[N+](=O)[O-]. The summed E-state index contributed by atoms with van der Waals surface area (Å²) in [7, 11) is 0. The molecule has 2 aromatic carbocycles. The van der Waals surface area contributed by atoms with Gasteiger partial charge in [0.2, 0.25) is 0 Å². The van der Waals surface area contributed by atoms with Crippen molar-refractivity contribution >= 4 is 11.7 Å². The van der Waals surface area contributed by atoms with Crippen LogP contribution >= 0.6 is 0 Å². The summed E-state index contributed by atoms with van der Waals surface area (Å²) in [6.07, 6.45) is -1.92. The van der Waals surface area contributed by atoms with Crippen LogP contribution in [0.15, 0.2) is 65.4 Å². The molecule has 10 nitrogen and oxygen atoms in total. The van der Waals surface area contributed by atoms with E-state index in [0.29, 0.717) is 18.0 Å². The molecule has 0 spiro atoms. The summed E-state index contributed by atoms with van der Waals surface area (Å²) in [6, 6.07) is 13.2. The zero-order valence-electron chi connectivity index (χ0n) is 21.4. The van der Waals surface area contributed by atoms with Crippen molar-refractivity contribution in [2.45, 2.75) is 44.8 Å². The summed E-state index contributed by atoms with van der Waals surface area (Å²) in [6.45, 7) is 5.39. The number of alkyl halides is 3. The van der Waals surface area contributed by atoms with E-state index in [4.69, 9.17) is 14.2 Å². The average molecular weight is 551 g/mol. The van der Waals surface area contributed by atoms with Crippen molar-refractivity contribution in [1.82, 2.24) is 5.32 Å². The fraction of sp³-hybridized carbons (Fsp3) is 0.423. The number of nitrogens with zero attached hydrogens (tertiary/aromatic N) is 3. The minimum atomic E-state index is -4.72. The molecule has 0 amide bonds. The lowest BCUT2D eigenvalue weighted by molar-refractivity contribution is -0.430. The van der Waals surface area contributed by atoms with Gasteiger partial charge in [-0.2, -0.15) is 5.32 Å². The highest BCUT2D eigenvalue weighted by Gasteiger charge is 2.37. The van der Waals surface area contributed by atoms with Gasteiger partial charge in [0.25, 0.3) is 0 Å². The molecule has 2 heterocycles. The Hall–Kier alpha value is -4.16. The molecule has 0 saturated carbocycles. The number of benzene rings is 2. The van der Waals surface area contributed by atoms with Gasteiger partial charge >= 0.3 is 18.2 Å². The number of hydrogen-bond donors (Lipinski definition) is 1. The molecule has 0 unspecified atom stereocenters. The van der Waals surface area contributed by atoms with E-state index in [1.54, 1.807) is 6.92 Å². The second kappa shape index (κ2) is 11.7. The first-order valence-electron chi connectivity index (χ1n) is 12.3. The van der Waals surface area contributed by atoms with Crippen LogP contribution in [-0.2, 0) is 4.74 Å². The normalized spacial score (nSPS) is 20.2. The molecule has 2 aromatic rings. The molecule has 1 saturated heterocycles. The number of halogens is 3. The number of allylic oxidation sites excluding steroid dienone is 1. The van der Waals surface area contributed by atoms with E-state index in [0.717, 1.165) is 31.6 Å². The second-order valence-corrected chi connectivity index (χ2v) is 9.34. The van der Waals surface area contributed by atoms with Gasteiger partial charge in [0.1, 0.15) is 30.0 Å². The minimum absolute atomic E-state index is 0.0405. The van der Waals surface area contributed by atoms with Crippen LogP contribution in [0.25, 0.3) is 0 Å². The van der Waals surface area contributed by atoms with Gasteiger partial charge in [-0.25, -0.2) is 4.99 Å². The van der Waals surface area contributed by atoms with Gasteiger partial charge in [-0.15, -0.1) is 13.2 Å². The number of amidine groups is 1. The third-order valence-electron chi connectivity index (χ3n) is 6.15. The number of aliphatic imine (C=N–C) groups is 1. The molecule has 4 rings (SSSR count). The zero-order valence-corrected chi connectivity index (χ0v) is 21.4. The van der Waals surface area contributed by atoms with Gasteiger partial charge < -0.3 is 34.0 Å². The molecule has 0 bridgehead atoms. The lowest BCUT2D eigenvalue weighted by atomic mass is 10.1. The number of ether oxygens (including phenoxy) is 4. The van der Waals surface area contributed by atoms with Crippen LogP contribution in [0.3, 0.4) is 0 Å². The van der Waals surface area contributed by atoms with E-state index in [-0.39, 0.29) is 30.3 Å². The van der Waals surface area contributed by atoms with Crippen LogP contribution in [-0.4, -0.2) is 55.3 Å². The van der Waals surface area contributed by atoms with E-state index >= 15 is 0 Å². The summed E-state index contributed by atoms with van der Waals surface area (Å²) in [5.74, 6) is 0.657. The third kappa shape index (κ3) is 7.91.